The number of anilines is 1. The summed E-state index contributed by atoms with van der Waals surface area (Å²) >= 11 is 0. The standard InChI is InChI=1S/C16H27N3O/c1-12-7-8-15(14(9-12)11-18(3)4)17-13(2)10-16(20)19(5)6/h7-9,13,17H,10-11H2,1-6H3. The minimum Gasteiger partial charge on any atom is -0.382 e. The van der Waals surface area contributed by atoms with Gasteiger partial charge in [-0.15, -0.1) is 0 Å². The summed E-state index contributed by atoms with van der Waals surface area (Å²) in [5.41, 5.74) is 3.63. The van der Waals surface area contributed by atoms with Crippen molar-refractivity contribution >= 4 is 11.6 Å². The van der Waals surface area contributed by atoms with E-state index in [1.54, 1.807) is 19.0 Å². The molecule has 0 heterocycles. The summed E-state index contributed by atoms with van der Waals surface area (Å²) < 4.78 is 0. The molecular weight excluding hydrogens is 250 g/mol. The number of hydrogen-bond donors (Lipinski definition) is 1. The number of benzene rings is 1. The molecule has 0 saturated heterocycles. The van der Waals surface area contributed by atoms with Crippen molar-refractivity contribution in [2.45, 2.75) is 32.9 Å². The summed E-state index contributed by atoms with van der Waals surface area (Å²) in [6, 6.07) is 6.52. The fraction of sp³-hybridized carbons (Fsp3) is 0.562. The summed E-state index contributed by atoms with van der Waals surface area (Å²) in [4.78, 5) is 15.5. The first kappa shape index (κ1) is 16.5. The lowest BCUT2D eigenvalue weighted by molar-refractivity contribution is -0.128. The molecule has 4 heteroatoms. The number of amides is 1. The molecule has 0 aliphatic heterocycles. The van der Waals surface area contributed by atoms with E-state index in [4.69, 9.17) is 0 Å². The molecule has 1 unspecified atom stereocenters. The van der Waals surface area contributed by atoms with E-state index in [2.05, 4.69) is 49.4 Å². The monoisotopic (exact) mass is 277 g/mol. The molecule has 0 aliphatic rings. The van der Waals surface area contributed by atoms with E-state index in [0.717, 1.165) is 12.2 Å². The molecule has 0 bridgehead atoms. The second-order valence-electron chi connectivity index (χ2n) is 5.94. The Morgan fingerprint density at radius 1 is 1.25 bits per heavy atom. The third-order valence-electron chi connectivity index (χ3n) is 3.13. The van der Waals surface area contributed by atoms with E-state index in [0.29, 0.717) is 6.42 Å². The van der Waals surface area contributed by atoms with Crippen LogP contribution in [0, 0.1) is 6.92 Å². The summed E-state index contributed by atoms with van der Waals surface area (Å²) in [5.74, 6) is 0.145. The summed E-state index contributed by atoms with van der Waals surface area (Å²) in [6.45, 7) is 5.03. The van der Waals surface area contributed by atoms with Crippen LogP contribution in [0.2, 0.25) is 0 Å². The van der Waals surface area contributed by atoms with Gasteiger partial charge in [0.05, 0.1) is 0 Å². The predicted molar refractivity (Wildman–Crippen MR) is 85.0 cm³/mol. The maximum Gasteiger partial charge on any atom is 0.224 e. The third kappa shape index (κ3) is 5.21. The molecule has 0 fully saturated rings. The Labute approximate surface area is 122 Å². The number of aryl methyl sites for hydroxylation is 1. The molecule has 0 radical (unpaired) electrons. The van der Waals surface area contributed by atoms with Crippen LogP contribution in [-0.4, -0.2) is 49.9 Å². The van der Waals surface area contributed by atoms with Crippen LogP contribution in [0.5, 0.6) is 0 Å². The molecule has 1 rings (SSSR count). The van der Waals surface area contributed by atoms with Gasteiger partial charge < -0.3 is 15.1 Å². The average molecular weight is 277 g/mol. The van der Waals surface area contributed by atoms with Crippen molar-refractivity contribution in [2.75, 3.05) is 33.5 Å². The van der Waals surface area contributed by atoms with Crippen molar-refractivity contribution in [2.24, 2.45) is 0 Å². The number of carbonyl (C=O) groups is 1. The van der Waals surface area contributed by atoms with Crippen LogP contribution in [0.25, 0.3) is 0 Å². The minimum atomic E-state index is 0.119. The number of rotatable bonds is 6. The highest BCUT2D eigenvalue weighted by Crippen LogP contribution is 2.20. The Morgan fingerprint density at radius 3 is 2.45 bits per heavy atom. The Hall–Kier alpha value is -1.55. The number of nitrogens with one attached hydrogen (secondary N) is 1. The summed E-state index contributed by atoms with van der Waals surface area (Å²) in [5, 5.41) is 3.45. The normalized spacial score (nSPS) is 12.3. The predicted octanol–water partition coefficient (Wildman–Crippen LogP) is 2.34. The van der Waals surface area contributed by atoms with Gasteiger partial charge in [0.25, 0.3) is 0 Å². The molecule has 1 atom stereocenters. The molecule has 0 spiro atoms. The van der Waals surface area contributed by atoms with E-state index in [1.165, 1.54) is 11.1 Å². The highest BCUT2D eigenvalue weighted by molar-refractivity contribution is 5.76. The number of nitrogens with zero attached hydrogens (tertiary/aromatic N) is 2. The van der Waals surface area contributed by atoms with Gasteiger partial charge in [-0.25, -0.2) is 0 Å². The highest BCUT2D eigenvalue weighted by Gasteiger charge is 2.12. The first-order chi connectivity index (χ1) is 9.29. The summed E-state index contributed by atoms with van der Waals surface area (Å²) in [6.07, 6.45) is 0.502. The highest BCUT2D eigenvalue weighted by atomic mass is 16.2. The van der Waals surface area contributed by atoms with Gasteiger partial charge in [0, 0.05) is 38.8 Å². The second kappa shape index (κ2) is 7.29. The van der Waals surface area contributed by atoms with E-state index >= 15 is 0 Å². The van der Waals surface area contributed by atoms with E-state index in [9.17, 15) is 4.79 Å². The topological polar surface area (TPSA) is 35.6 Å². The van der Waals surface area contributed by atoms with Crippen molar-refractivity contribution in [3.63, 3.8) is 0 Å². The average Bonchev–Trinajstić information content (AvgIpc) is 2.31. The van der Waals surface area contributed by atoms with Gasteiger partial charge in [0.15, 0.2) is 0 Å². The van der Waals surface area contributed by atoms with Crippen molar-refractivity contribution in [3.8, 4) is 0 Å². The van der Waals surface area contributed by atoms with Crippen LogP contribution in [0.4, 0.5) is 5.69 Å². The molecule has 20 heavy (non-hydrogen) atoms. The first-order valence-electron chi connectivity index (χ1n) is 7.00. The molecule has 4 nitrogen and oxygen atoms in total. The van der Waals surface area contributed by atoms with Gasteiger partial charge in [-0.05, 0) is 39.6 Å². The van der Waals surface area contributed by atoms with Crippen LogP contribution >= 0.6 is 0 Å². The number of carbonyl (C=O) groups excluding carboxylic acids is 1. The largest absolute Gasteiger partial charge is 0.382 e. The van der Waals surface area contributed by atoms with Crippen molar-refractivity contribution in [1.29, 1.82) is 0 Å². The Bertz CT molecular complexity index is 455. The molecule has 1 aromatic carbocycles. The quantitative estimate of drug-likeness (QED) is 0.867. The molecule has 1 N–H and O–H groups in total. The fourth-order valence-electron chi connectivity index (χ4n) is 2.10. The van der Waals surface area contributed by atoms with Crippen molar-refractivity contribution in [1.82, 2.24) is 9.80 Å². The molecule has 0 aliphatic carbocycles. The smallest absolute Gasteiger partial charge is 0.224 e. The minimum absolute atomic E-state index is 0.119. The molecule has 0 saturated carbocycles. The molecule has 1 amide bonds. The lowest BCUT2D eigenvalue weighted by Crippen LogP contribution is -2.29. The molecule has 112 valence electrons. The van der Waals surface area contributed by atoms with Crippen molar-refractivity contribution in [3.05, 3.63) is 29.3 Å². The van der Waals surface area contributed by atoms with Gasteiger partial charge in [-0.2, -0.15) is 0 Å². The van der Waals surface area contributed by atoms with Gasteiger partial charge in [0.1, 0.15) is 0 Å². The fourth-order valence-corrected chi connectivity index (χ4v) is 2.10. The zero-order valence-electron chi connectivity index (χ0n) is 13.5. The SMILES string of the molecule is Cc1ccc(NC(C)CC(=O)N(C)C)c(CN(C)C)c1. The zero-order chi connectivity index (χ0) is 15.3. The Morgan fingerprint density at radius 2 is 1.90 bits per heavy atom. The van der Waals surface area contributed by atoms with Crippen LogP contribution in [-0.2, 0) is 11.3 Å². The van der Waals surface area contributed by atoms with Crippen molar-refractivity contribution < 1.29 is 4.79 Å². The molecular formula is C16H27N3O. The first-order valence-corrected chi connectivity index (χ1v) is 7.00. The second-order valence-corrected chi connectivity index (χ2v) is 5.94. The van der Waals surface area contributed by atoms with Gasteiger partial charge >= 0.3 is 0 Å². The van der Waals surface area contributed by atoms with E-state index in [1.807, 2.05) is 6.92 Å². The van der Waals surface area contributed by atoms with Crippen LogP contribution in [0.1, 0.15) is 24.5 Å². The van der Waals surface area contributed by atoms with Gasteiger partial charge in [-0.3, -0.25) is 4.79 Å². The lowest BCUT2D eigenvalue weighted by Gasteiger charge is -2.21. The Balaban J connectivity index is 2.78. The van der Waals surface area contributed by atoms with Crippen LogP contribution < -0.4 is 5.32 Å². The van der Waals surface area contributed by atoms with E-state index < -0.39 is 0 Å². The number of hydrogen-bond acceptors (Lipinski definition) is 3. The zero-order valence-corrected chi connectivity index (χ0v) is 13.5. The maximum atomic E-state index is 11.7. The Kier molecular flexibility index (Phi) is 6.02. The van der Waals surface area contributed by atoms with Gasteiger partial charge in [-0.1, -0.05) is 17.7 Å². The molecule has 0 aromatic heterocycles. The molecule has 1 aromatic rings. The maximum absolute atomic E-state index is 11.7. The van der Waals surface area contributed by atoms with Crippen LogP contribution in [0.3, 0.4) is 0 Å². The van der Waals surface area contributed by atoms with Crippen LogP contribution in [0.15, 0.2) is 18.2 Å². The third-order valence-corrected chi connectivity index (χ3v) is 3.13. The summed E-state index contributed by atoms with van der Waals surface area (Å²) in [7, 11) is 7.70. The lowest BCUT2D eigenvalue weighted by atomic mass is 10.1. The van der Waals surface area contributed by atoms with E-state index in [-0.39, 0.29) is 11.9 Å². The van der Waals surface area contributed by atoms with Gasteiger partial charge in [0.2, 0.25) is 5.91 Å².